The number of rotatable bonds is 13. The Bertz CT molecular complexity index is 1560. The second kappa shape index (κ2) is 14.5. The Morgan fingerprint density at radius 1 is 0.867 bits per heavy atom. The monoisotopic (exact) mass is 632 g/mol. The Morgan fingerprint density at radius 2 is 1.51 bits per heavy atom. The van der Waals surface area contributed by atoms with Crippen LogP contribution in [0.15, 0.2) is 66.7 Å². The van der Waals surface area contributed by atoms with Crippen LogP contribution < -0.4 is 5.32 Å². The first-order valence-corrected chi connectivity index (χ1v) is 15.2. The van der Waals surface area contributed by atoms with Crippen molar-refractivity contribution in [3.05, 3.63) is 83.6 Å². The summed E-state index contributed by atoms with van der Waals surface area (Å²) in [6.45, 7) is 9.11. The maximum atomic E-state index is 13.6. The van der Waals surface area contributed by atoms with E-state index < -0.39 is 23.5 Å². The topological polar surface area (TPSA) is 50.2 Å². The number of aryl methyl sites for hydroxylation is 1. The number of hydrogen-bond acceptors (Lipinski definition) is 3. The maximum absolute atomic E-state index is 13.6. The molecule has 1 N–H and O–H groups in total. The molecule has 0 fully saturated rings. The zero-order valence-electron chi connectivity index (χ0n) is 25.6. The molecule has 3 aromatic carbocycles. The van der Waals surface area contributed by atoms with Gasteiger partial charge in [-0.25, -0.2) is 4.68 Å². The van der Waals surface area contributed by atoms with Crippen LogP contribution in [0.4, 0.5) is 26.3 Å². The highest BCUT2D eigenvalue weighted by Gasteiger charge is 2.37. The Morgan fingerprint density at radius 3 is 2.13 bits per heavy atom. The highest BCUT2D eigenvalue weighted by molar-refractivity contribution is 5.84. The lowest BCUT2D eigenvalue weighted by Gasteiger charge is -2.19. The van der Waals surface area contributed by atoms with E-state index in [2.05, 4.69) is 29.2 Å². The van der Waals surface area contributed by atoms with Crippen LogP contribution in [0.2, 0.25) is 0 Å². The fraction of sp³-hybridized carbons (Fsp3) is 0.412. The van der Waals surface area contributed by atoms with Crippen LogP contribution in [0.25, 0.3) is 27.7 Å². The number of aromatic nitrogens is 2. The van der Waals surface area contributed by atoms with Crippen LogP contribution >= 0.6 is 0 Å². The number of nitrogens with one attached hydrogen (secondary N) is 1. The van der Waals surface area contributed by atoms with Crippen LogP contribution in [-0.4, -0.2) is 46.3 Å². The first-order chi connectivity index (χ1) is 21.3. The molecular formula is C34H38F6N4O. The highest BCUT2D eigenvalue weighted by atomic mass is 19.4. The second-order valence-corrected chi connectivity index (χ2v) is 11.2. The second-order valence-electron chi connectivity index (χ2n) is 11.2. The summed E-state index contributed by atoms with van der Waals surface area (Å²) in [5.74, 6) is -0.116. The van der Waals surface area contributed by atoms with Gasteiger partial charge in [0.15, 0.2) is 0 Å². The number of alkyl halides is 6. The van der Waals surface area contributed by atoms with Gasteiger partial charge in [-0.05, 0) is 99.4 Å². The molecular weight excluding hydrogens is 594 g/mol. The maximum Gasteiger partial charge on any atom is 0.416 e. The van der Waals surface area contributed by atoms with Crippen molar-refractivity contribution in [1.82, 2.24) is 20.0 Å². The predicted octanol–water partition coefficient (Wildman–Crippen LogP) is 8.68. The number of carbonyl (C=O) groups excluding carboxylic acids is 1. The van der Waals surface area contributed by atoms with E-state index in [4.69, 9.17) is 0 Å². The minimum absolute atomic E-state index is 0.00605. The summed E-state index contributed by atoms with van der Waals surface area (Å²) >= 11 is 0. The molecule has 0 bridgehead atoms. The molecule has 1 amide bonds. The van der Waals surface area contributed by atoms with Crippen molar-refractivity contribution < 1.29 is 31.1 Å². The molecule has 45 heavy (non-hydrogen) atoms. The molecule has 1 heterocycles. The normalized spacial score (nSPS) is 13.0. The molecule has 1 aromatic heterocycles. The van der Waals surface area contributed by atoms with Gasteiger partial charge in [0.2, 0.25) is 5.91 Å². The number of benzene rings is 3. The fourth-order valence-electron chi connectivity index (χ4n) is 5.38. The van der Waals surface area contributed by atoms with Crippen molar-refractivity contribution >= 4 is 16.7 Å². The molecule has 1 unspecified atom stereocenters. The smallest absolute Gasteiger partial charge is 0.354 e. The van der Waals surface area contributed by atoms with E-state index in [1.807, 2.05) is 43.3 Å². The first-order valence-electron chi connectivity index (χ1n) is 15.2. The molecule has 0 aliphatic rings. The van der Waals surface area contributed by atoms with Crippen LogP contribution in [0, 0.1) is 0 Å². The summed E-state index contributed by atoms with van der Waals surface area (Å²) in [5, 5.41) is 9.37. The summed E-state index contributed by atoms with van der Waals surface area (Å²) < 4.78 is 83.0. The van der Waals surface area contributed by atoms with Gasteiger partial charge in [-0.2, -0.15) is 31.4 Å². The number of halogens is 6. The minimum Gasteiger partial charge on any atom is -0.354 e. The van der Waals surface area contributed by atoms with E-state index in [-0.39, 0.29) is 35.7 Å². The van der Waals surface area contributed by atoms with Crippen molar-refractivity contribution in [2.75, 3.05) is 19.6 Å². The number of nitrogens with zero attached hydrogens (tertiary/aromatic N) is 3. The summed E-state index contributed by atoms with van der Waals surface area (Å²) in [4.78, 5) is 15.0. The molecule has 0 aliphatic carbocycles. The third-order valence-corrected chi connectivity index (χ3v) is 7.89. The largest absolute Gasteiger partial charge is 0.416 e. The lowest BCUT2D eigenvalue weighted by atomic mass is 10.0. The molecule has 5 nitrogen and oxygen atoms in total. The van der Waals surface area contributed by atoms with Crippen LogP contribution in [0.1, 0.15) is 63.3 Å². The quantitative estimate of drug-likeness (QED) is 0.150. The van der Waals surface area contributed by atoms with Gasteiger partial charge in [0.25, 0.3) is 0 Å². The van der Waals surface area contributed by atoms with Gasteiger partial charge in [0, 0.05) is 23.7 Å². The van der Waals surface area contributed by atoms with E-state index in [1.165, 1.54) is 10.7 Å². The van der Waals surface area contributed by atoms with Gasteiger partial charge >= 0.3 is 12.4 Å². The Balaban J connectivity index is 1.58. The van der Waals surface area contributed by atoms with Crippen LogP contribution in [0.3, 0.4) is 0 Å². The number of carbonyl (C=O) groups is 1. The Kier molecular flexibility index (Phi) is 11.0. The van der Waals surface area contributed by atoms with Crippen molar-refractivity contribution in [3.63, 3.8) is 0 Å². The molecule has 1 atom stereocenters. The van der Waals surface area contributed by atoms with Crippen molar-refractivity contribution in [3.8, 4) is 16.9 Å². The summed E-state index contributed by atoms with van der Waals surface area (Å²) in [6, 6.07) is 16.1. The summed E-state index contributed by atoms with van der Waals surface area (Å²) in [7, 11) is 0. The number of hydrogen-bond donors (Lipinski definition) is 1. The van der Waals surface area contributed by atoms with Crippen LogP contribution in [0.5, 0.6) is 0 Å². The van der Waals surface area contributed by atoms with E-state index >= 15 is 0 Å². The van der Waals surface area contributed by atoms with Crippen molar-refractivity contribution in [1.29, 1.82) is 0 Å². The molecule has 242 valence electrons. The van der Waals surface area contributed by atoms with E-state index in [0.717, 1.165) is 43.2 Å². The average molecular weight is 633 g/mol. The van der Waals surface area contributed by atoms with Gasteiger partial charge in [-0.15, -0.1) is 0 Å². The molecule has 11 heteroatoms. The van der Waals surface area contributed by atoms with Crippen molar-refractivity contribution in [2.45, 2.75) is 71.3 Å². The fourth-order valence-corrected chi connectivity index (χ4v) is 5.38. The predicted molar refractivity (Wildman–Crippen MR) is 164 cm³/mol. The lowest BCUT2D eigenvalue weighted by Crippen LogP contribution is -2.33. The molecule has 0 radical (unpaired) electrons. The summed E-state index contributed by atoms with van der Waals surface area (Å²) in [6.07, 6.45) is -7.20. The van der Waals surface area contributed by atoms with E-state index in [0.29, 0.717) is 36.4 Å². The average Bonchev–Trinajstić information content (AvgIpc) is 3.42. The van der Waals surface area contributed by atoms with E-state index in [9.17, 15) is 31.1 Å². The molecule has 4 rings (SSSR count). The Labute approximate surface area is 259 Å². The molecule has 0 aliphatic heterocycles. The van der Waals surface area contributed by atoms with Gasteiger partial charge in [-0.3, -0.25) is 4.79 Å². The SMILES string of the molecule is CCN(CC)CCCC(C)NC(=O)CCCc1cc(-c2cc(C(F)(F)F)cc(C(F)(F)F)c2)nn1-c1ccc2ccccc2c1. The molecule has 0 saturated carbocycles. The Hall–Kier alpha value is -3.86. The first kappa shape index (κ1) is 34.0. The summed E-state index contributed by atoms with van der Waals surface area (Å²) in [5.41, 5.74) is -1.97. The third-order valence-electron chi connectivity index (χ3n) is 7.89. The lowest BCUT2D eigenvalue weighted by molar-refractivity contribution is -0.143. The van der Waals surface area contributed by atoms with Crippen LogP contribution in [-0.2, 0) is 23.6 Å². The zero-order valence-corrected chi connectivity index (χ0v) is 25.6. The number of fused-ring (bicyclic) bond motifs is 1. The van der Waals surface area contributed by atoms with E-state index in [1.54, 1.807) is 6.07 Å². The van der Waals surface area contributed by atoms with Gasteiger partial charge in [0.05, 0.1) is 22.5 Å². The standard InChI is InChI=1S/C34H38F6N4O/c1-4-43(5-2)17-9-10-23(3)41-32(45)14-8-13-29-22-31(26-18-27(33(35,36)37)21-28(19-26)34(38,39)40)42-44(29)30-16-15-24-11-6-7-12-25(24)20-30/h6-7,11-12,15-16,18-23H,4-5,8-10,13-14,17H2,1-3H3,(H,41,45). The van der Waals surface area contributed by atoms with Gasteiger partial charge < -0.3 is 10.2 Å². The minimum atomic E-state index is -4.98. The number of amides is 1. The third kappa shape index (κ3) is 9.09. The highest BCUT2D eigenvalue weighted by Crippen LogP contribution is 2.39. The van der Waals surface area contributed by atoms with Gasteiger partial charge in [0.1, 0.15) is 0 Å². The molecule has 4 aromatic rings. The molecule has 0 spiro atoms. The zero-order chi connectivity index (χ0) is 32.8. The molecule has 0 saturated heterocycles. The van der Waals surface area contributed by atoms with Crippen molar-refractivity contribution in [2.24, 2.45) is 0 Å². The van der Waals surface area contributed by atoms with Gasteiger partial charge in [-0.1, -0.05) is 44.2 Å².